The van der Waals surface area contributed by atoms with Gasteiger partial charge in [-0.05, 0) is 58.9 Å². The molecule has 1 saturated carbocycles. The molecule has 1 aliphatic rings. The summed E-state index contributed by atoms with van der Waals surface area (Å²) in [5, 5.41) is 6.19. The van der Waals surface area contributed by atoms with Crippen LogP contribution < -0.4 is 10.6 Å². The first-order chi connectivity index (χ1) is 12.2. The molecule has 1 aromatic rings. The van der Waals surface area contributed by atoms with E-state index in [2.05, 4.69) is 29.7 Å². The Labute approximate surface area is 158 Å². The fraction of sp³-hybridized carbons (Fsp3) is 0.636. The van der Waals surface area contributed by atoms with Gasteiger partial charge in [-0.1, -0.05) is 43.2 Å². The van der Waals surface area contributed by atoms with E-state index in [1.165, 1.54) is 5.56 Å². The summed E-state index contributed by atoms with van der Waals surface area (Å²) in [5.41, 5.74) is 0.487. The number of carbonyl (C=O) groups excluding carboxylic acids is 2. The molecule has 4 heteroatoms. The Balaban J connectivity index is 1.91. The number of hydrogen-bond acceptors (Lipinski definition) is 2. The zero-order chi connectivity index (χ0) is 19.2. The molecule has 0 unspecified atom stereocenters. The van der Waals surface area contributed by atoms with Crippen molar-refractivity contribution in [2.45, 2.75) is 84.2 Å². The molecule has 0 spiro atoms. The van der Waals surface area contributed by atoms with Gasteiger partial charge in [0.15, 0.2) is 0 Å². The lowest BCUT2D eigenvalue weighted by Gasteiger charge is -2.30. The number of rotatable bonds is 7. The minimum absolute atomic E-state index is 0.0218. The molecule has 0 bridgehead atoms. The normalized spacial score (nSPS) is 17.5. The first-order valence-electron chi connectivity index (χ1n) is 9.86. The lowest BCUT2D eigenvalue weighted by atomic mass is 9.80. The third-order valence-electron chi connectivity index (χ3n) is 5.14. The Bertz CT molecular complexity index is 598. The number of carbonyl (C=O) groups is 2. The van der Waals surface area contributed by atoms with Crippen LogP contribution in [0.15, 0.2) is 30.3 Å². The second-order valence-corrected chi connectivity index (χ2v) is 8.86. The first-order valence-corrected chi connectivity index (χ1v) is 9.86. The molecule has 1 aliphatic carbocycles. The van der Waals surface area contributed by atoms with Crippen molar-refractivity contribution in [2.75, 3.05) is 0 Å². The highest BCUT2D eigenvalue weighted by Gasteiger charge is 2.43. The second kappa shape index (κ2) is 8.70. The highest BCUT2D eigenvalue weighted by Crippen LogP contribution is 2.41. The van der Waals surface area contributed by atoms with Crippen LogP contribution in [0.4, 0.5) is 0 Å². The van der Waals surface area contributed by atoms with Gasteiger partial charge in [-0.3, -0.25) is 9.59 Å². The average Bonchev–Trinajstić information content (AvgIpc) is 3.01. The Hall–Kier alpha value is -1.84. The van der Waals surface area contributed by atoms with Crippen molar-refractivity contribution in [1.29, 1.82) is 0 Å². The molecule has 144 valence electrons. The first kappa shape index (κ1) is 20.5. The zero-order valence-electron chi connectivity index (χ0n) is 16.7. The smallest absolute Gasteiger partial charge is 0.226 e. The van der Waals surface area contributed by atoms with E-state index in [9.17, 15) is 9.59 Å². The van der Waals surface area contributed by atoms with Gasteiger partial charge < -0.3 is 10.6 Å². The van der Waals surface area contributed by atoms with Crippen molar-refractivity contribution in [1.82, 2.24) is 10.6 Å². The Kier molecular flexibility index (Phi) is 6.85. The lowest BCUT2D eigenvalue weighted by molar-refractivity contribution is -0.137. The van der Waals surface area contributed by atoms with Crippen molar-refractivity contribution in [3.05, 3.63) is 35.9 Å². The van der Waals surface area contributed by atoms with Crippen LogP contribution in [0.2, 0.25) is 0 Å². The van der Waals surface area contributed by atoms with E-state index in [1.54, 1.807) is 0 Å². The molecule has 2 amide bonds. The maximum Gasteiger partial charge on any atom is 0.226 e. The molecule has 1 aromatic carbocycles. The van der Waals surface area contributed by atoms with Gasteiger partial charge in [0.1, 0.15) is 0 Å². The van der Waals surface area contributed by atoms with Crippen molar-refractivity contribution >= 4 is 11.8 Å². The predicted octanol–water partition coefficient (Wildman–Crippen LogP) is 3.99. The molecule has 1 atom stereocenters. The molecule has 4 nitrogen and oxygen atoms in total. The quantitative estimate of drug-likeness (QED) is 0.774. The van der Waals surface area contributed by atoms with E-state index < -0.39 is 5.41 Å². The zero-order valence-corrected chi connectivity index (χ0v) is 16.7. The predicted molar refractivity (Wildman–Crippen MR) is 106 cm³/mol. The molecule has 2 N–H and O–H groups in total. The van der Waals surface area contributed by atoms with Gasteiger partial charge in [0, 0.05) is 18.0 Å². The van der Waals surface area contributed by atoms with Crippen LogP contribution in [-0.2, 0) is 16.0 Å². The van der Waals surface area contributed by atoms with Crippen LogP contribution >= 0.6 is 0 Å². The molecule has 0 radical (unpaired) electrons. The van der Waals surface area contributed by atoms with Crippen molar-refractivity contribution in [3.63, 3.8) is 0 Å². The van der Waals surface area contributed by atoms with E-state index in [0.717, 1.165) is 38.5 Å². The SMILES string of the molecule is C[C@H](CCc1ccccc1)NC(=O)C1(CC(=O)NC(C)(C)C)CCCC1. The van der Waals surface area contributed by atoms with Gasteiger partial charge in [-0.25, -0.2) is 0 Å². The molecule has 1 fully saturated rings. The maximum absolute atomic E-state index is 13.0. The lowest BCUT2D eigenvalue weighted by Crippen LogP contribution is -2.48. The minimum Gasteiger partial charge on any atom is -0.353 e. The molecule has 0 aromatic heterocycles. The van der Waals surface area contributed by atoms with Crippen molar-refractivity contribution in [3.8, 4) is 0 Å². The summed E-state index contributed by atoms with van der Waals surface area (Å²) in [7, 11) is 0. The van der Waals surface area contributed by atoms with Gasteiger partial charge in [0.25, 0.3) is 0 Å². The van der Waals surface area contributed by atoms with Gasteiger partial charge in [-0.15, -0.1) is 0 Å². The molecular weight excluding hydrogens is 324 g/mol. The van der Waals surface area contributed by atoms with E-state index in [0.29, 0.717) is 6.42 Å². The fourth-order valence-electron chi connectivity index (χ4n) is 3.78. The average molecular weight is 359 g/mol. The topological polar surface area (TPSA) is 58.2 Å². The maximum atomic E-state index is 13.0. The summed E-state index contributed by atoms with van der Waals surface area (Å²) in [4.78, 5) is 25.4. The molecular formula is C22H34N2O2. The summed E-state index contributed by atoms with van der Waals surface area (Å²) < 4.78 is 0. The number of benzene rings is 1. The largest absolute Gasteiger partial charge is 0.353 e. The monoisotopic (exact) mass is 358 g/mol. The van der Waals surface area contributed by atoms with Crippen molar-refractivity contribution in [2.24, 2.45) is 5.41 Å². The highest BCUT2D eigenvalue weighted by molar-refractivity contribution is 5.89. The van der Waals surface area contributed by atoms with Gasteiger partial charge >= 0.3 is 0 Å². The second-order valence-electron chi connectivity index (χ2n) is 8.86. The van der Waals surface area contributed by atoms with E-state index in [4.69, 9.17) is 0 Å². The van der Waals surface area contributed by atoms with Gasteiger partial charge in [0.2, 0.25) is 11.8 Å². The van der Waals surface area contributed by atoms with Crippen LogP contribution in [0, 0.1) is 5.41 Å². The third-order valence-corrected chi connectivity index (χ3v) is 5.14. The summed E-state index contributed by atoms with van der Waals surface area (Å²) in [6.07, 6.45) is 5.80. The van der Waals surface area contributed by atoms with Gasteiger partial charge in [0.05, 0.1) is 5.41 Å². The summed E-state index contributed by atoms with van der Waals surface area (Å²) in [6, 6.07) is 10.4. The summed E-state index contributed by atoms with van der Waals surface area (Å²) in [5.74, 6) is 0.0334. The standard InChI is InChI=1S/C22H34N2O2/c1-17(12-13-18-10-6-5-7-11-18)23-20(26)22(14-8-9-15-22)16-19(25)24-21(2,3)4/h5-7,10-11,17H,8-9,12-16H2,1-4H3,(H,23,26)(H,24,25)/t17-/m1/s1. The van der Waals surface area contributed by atoms with Crippen LogP contribution in [0.3, 0.4) is 0 Å². The van der Waals surface area contributed by atoms with Crippen molar-refractivity contribution < 1.29 is 9.59 Å². The Morgan fingerprint density at radius 1 is 1.12 bits per heavy atom. The van der Waals surface area contributed by atoms with E-state index in [1.807, 2.05) is 39.0 Å². The Morgan fingerprint density at radius 2 is 1.73 bits per heavy atom. The molecule has 0 saturated heterocycles. The molecule has 0 aliphatic heterocycles. The number of aryl methyl sites for hydroxylation is 1. The summed E-state index contributed by atoms with van der Waals surface area (Å²) in [6.45, 7) is 7.96. The molecule has 2 rings (SSSR count). The van der Waals surface area contributed by atoms with Crippen LogP contribution in [0.1, 0.15) is 71.8 Å². The number of nitrogens with one attached hydrogen (secondary N) is 2. The highest BCUT2D eigenvalue weighted by atomic mass is 16.2. The number of amides is 2. The minimum atomic E-state index is -0.531. The fourth-order valence-corrected chi connectivity index (χ4v) is 3.78. The number of hydrogen-bond donors (Lipinski definition) is 2. The van der Waals surface area contributed by atoms with Crippen LogP contribution in [0.5, 0.6) is 0 Å². The third kappa shape index (κ3) is 6.15. The van der Waals surface area contributed by atoms with E-state index in [-0.39, 0.29) is 23.4 Å². The Morgan fingerprint density at radius 3 is 2.31 bits per heavy atom. The van der Waals surface area contributed by atoms with E-state index >= 15 is 0 Å². The van der Waals surface area contributed by atoms with Crippen LogP contribution in [0.25, 0.3) is 0 Å². The molecule has 26 heavy (non-hydrogen) atoms. The van der Waals surface area contributed by atoms with Gasteiger partial charge in [-0.2, -0.15) is 0 Å². The summed E-state index contributed by atoms with van der Waals surface area (Å²) >= 11 is 0. The molecule has 0 heterocycles. The van der Waals surface area contributed by atoms with Crippen LogP contribution in [-0.4, -0.2) is 23.4 Å².